The average Bonchev–Trinajstić information content (AvgIpc) is 3.40. The number of carbonyl (C=O) groups is 1. The van der Waals surface area contributed by atoms with Crippen molar-refractivity contribution in [2.75, 3.05) is 36.9 Å². The van der Waals surface area contributed by atoms with Gasteiger partial charge in [-0.15, -0.1) is 5.10 Å². The van der Waals surface area contributed by atoms with Crippen LogP contribution in [0.5, 0.6) is 0 Å². The van der Waals surface area contributed by atoms with Crippen LogP contribution in [0.3, 0.4) is 0 Å². The Balaban J connectivity index is 0.000000302. The minimum Gasteiger partial charge on any atom is -0.395 e. The van der Waals surface area contributed by atoms with Gasteiger partial charge in [0.2, 0.25) is 11.7 Å². The lowest BCUT2D eigenvalue weighted by Gasteiger charge is -2.21. The predicted molar refractivity (Wildman–Crippen MR) is 165 cm³/mol. The number of amides is 1. The molecule has 4 heterocycles. The van der Waals surface area contributed by atoms with E-state index in [0.29, 0.717) is 29.8 Å². The number of rotatable bonds is 13. The topological polar surface area (TPSA) is 121 Å². The number of aliphatic hydroxyl groups excluding tert-OH is 1. The van der Waals surface area contributed by atoms with Crippen molar-refractivity contribution in [2.24, 2.45) is 5.92 Å². The number of hydrogen-bond acceptors (Lipinski definition) is 8. The van der Waals surface area contributed by atoms with E-state index in [0.717, 1.165) is 48.7 Å². The first-order valence-corrected chi connectivity index (χ1v) is 14.5. The molecule has 0 aliphatic rings. The Morgan fingerprint density at radius 2 is 1.90 bits per heavy atom. The highest BCUT2D eigenvalue weighted by atomic mass is 16.3. The molecule has 0 aromatic carbocycles. The van der Waals surface area contributed by atoms with Gasteiger partial charge in [-0.2, -0.15) is 0 Å². The SMILES string of the molecule is CCCN(CCO)CCC(C)CC.CCc1ccn2nc(-c3ccccn3)nc(Nc3ccnc(NC(C)=O)c3)c12. The van der Waals surface area contributed by atoms with Crippen molar-refractivity contribution < 1.29 is 9.90 Å². The zero-order chi connectivity index (χ0) is 29.6. The summed E-state index contributed by atoms with van der Waals surface area (Å²) in [6.45, 7) is 13.7. The van der Waals surface area contributed by atoms with Crippen molar-refractivity contribution in [1.82, 2.24) is 29.5 Å². The Kier molecular flexibility index (Phi) is 12.6. The molecule has 0 spiro atoms. The van der Waals surface area contributed by atoms with E-state index in [4.69, 9.17) is 10.1 Å². The van der Waals surface area contributed by atoms with Crippen LogP contribution < -0.4 is 10.6 Å². The molecule has 0 bridgehead atoms. The molecule has 41 heavy (non-hydrogen) atoms. The Morgan fingerprint density at radius 3 is 2.56 bits per heavy atom. The molecule has 0 saturated heterocycles. The molecule has 4 aromatic rings. The molecule has 0 saturated carbocycles. The third-order valence-corrected chi connectivity index (χ3v) is 6.79. The van der Waals surface area contributed by atoms with Crippen LogP contribution in [0, 0.1) is 5.92 Å². The van der Waals surface area contributed by atoms with Crippen molar-refractivity contribution in [3.05, 3.63) is 60.6 Å². The van der Waals surface area contributed by atoms with Gasteiger partial charge in [0.1, 0.15) is 17.0 Å². The summed E-state index contributed by atoms with van der Waals surface area (Å²) in [5, 5.41) is 19.5. The molecule has 10 heteroatoms. The fourth-order valence-electron chi connectivity index (χ4n) is 4.36. The third-order valence-electron chi connectivity index (χ3n) is 6.79. The second kappa shape index (κ2) is 16.4. The molecule has 4 aromatic heterocycles. The number of nitrogens with one attached hydrogen (secondary N) is 2. The first-order valence-electron chi connectivity index (χ1n) is 14.5. The maximum atomic E-state index is 11.3. The summed E-state index contributed by atoms with van der Waals surface area (Å²) in [4.78, 5) is 26.9. The molecule has 220 valence electrons. The minimum absolute atomic E-state index is 0.175. The second-order valence-electron chi connectivity index (χ2n) is 10.1. The van der Waals surface area contributed by atoms with Gasteiger partial charge >= 0.3 is 0 Å². The molecule has 3 N–H and O–H groups in total. The molecule has 1 atom stereocenters. The Morgan fingerprint density at radius 1 is 1.07 bits per heavy atom. The number of fused-ring (bicyclic) bond motifs is 1. The smallest absolute Gasteiger partial charge is 0.222 e. The lowest BCUT2D eigenvalue weighted by molar-refractivity contribution is -0.114. The van der Waals surface area contributed by atoms with Gasteiger partial charge < -0.3 is 20.6 Å². The van der Waals surface area contributed by atoms with Crippen molar-refractivity contribution in [3.8, 4) is 11.5 Å². The minimum atomic E-state index is -0.175. The molecule has 0 radical (unpaired) electrons. The van der Waals surface area contributed by atoms with Gasteiger partial charge in [-0.1, -0.05) is 40.2 Å². The van der Waals surface area contributed by atoms with Gasteiger partial charge in [0, 0.05) is 43.8 Å². The molecule has 1 unspecified atom stereocenters. The Labute approximate surface area is 243 Å². The lowest BCUT2D eigenvalue weighted by atomic mass is 10.1. The first kappa shape index (κ1) is 31.6. The molecule has 10 nitrogen and oxygen atoms in total. The summed E-state index contributed by atoms with van der Waals surface area (Å²) >= 11 is 0. The fourth-order valence-corrected chi connectivity index (χ4v) is 4.36. The van der Waals surface area contributed by atoms with E-state index in [2.05, 4.69) is 58.3 Å². The highest BCUT2D eigenvalue weighted by Gasteiger charge is 2.14. The summed E-state index contributed by atoms with van der Waals surface area (Å²) < 4.78 is 1.81. The number of nitrogens with zero attached hydrogens (tertiary/aromatic N) is 6. The maximum absolute atomic E-state index is 11.3. The highest BCUT2D eigenvalue weighted by molar-refractivity contribution is 5.88. The first-order chi connectivity index (χ1) is 19.9. The van der Waals surface area contributed by atoms with Crippen LogP contribution in [0.4, 0.5) is 17.3 Å². The van der Waals surface area contributed by atoms with Gasteiger partial charge in [-0.05, 0) is 68.1 Å². The third kappa shape index (κ3) is 9.61. The van der Waals surface area contributed by atoms with E-state index in [1.54, 1.807) is 18.5 Å². The van der Waals surface area contributed by atoms with Crippen LogP contribution in [-0.2, 0) is 11.2 Å². The van der Waals surface area contributed by atoms with E-state index in [1.165, 1.54) is 26.2 Å². The molecule has 0 aliphatic heterocycles. The number of aryl methyl sites for hydroxylation is 1. The second-order valence-corrected chi connectivity index (χ2v) is 10.1. The molecule has 0 aliphatic carbocycles. The van der Waals surface area contributed by atoms with Crippen molar-refractivity contribution >= 4 is 28.7 Å². The predicted octanol–water partition coefficient (Wildman–Crippen LogP) is 5.58. The molecule has 1 amide bonds. The van der Waals surface area contributed by atoms with Crippen molar-refractivity contribution in [3.63, 3.8) is 0 Å². The van der Waals surface area contributed by atoms with Crippen molar-refractivity contribution in [1.29, 1.82) is 0 Å². The summed E-state index contributed by atoms with van der Waals surface area (Å²) in [5.41, 5.74) is 3.48. The summed E-state index contributed by atoms with van der Waals surface area (Å²) in [6, 6.07) is 11.2. The standard InChI is InChI=1S/C20H19N7O.C11H25NO/c1-3-14-8-11-27-18(14)20(25-19(26-27)16-6-4-5-9-21-16)24-15-7-10-22-17(12-15)23-13(2)28;1-4-7-12(9-10-13)8-6-11(3)5-2/h4-12H,3H2,1-2H3,(H2,22,23,24,25,26,28);11,13H,4-10H2,1-3H3. The van der Waals surface area contributed by atoms with Gasteiger partial charge in [-0.3, -0.25) is 9.78 Å². The van der Waals surface area contributed by atoms with Crippen LogP contribution in [-0.4, -0.2) is 66.7 Å². The number of pyridine rings is 2. The number of carbonyl (C=O) groups excluding carboxylic acids is 1. The van der Waals surface area contributed by atoms with Crippen LogP contribution in [0.25, 0.3) is 17.0 Å². The number of anilines is 3. The summed E-state index contributed by atoms with van der Waals surface area (Å²) in [5.74, 6) is 2.30. The zero-order valence-corrected chi connectivity index (χ0v) is 25.0. The van der Waals surface area contributed by atoms with E-state index >= 15 is 0 Å². The monoisotopic (exact) mass is 560 g/mol. The molecular weight excluding hydrogens is 516 g/mol. The summed E-state index contributed by atoms with van der Waals surface area (Å²) in [6.07, 6.45) is 9.82. The van der Waals surface area contributed by atoms with Gasteiger partial charge in [0.15, 0.2) is 5.82 Å². The lowest BCUT2D eigenvalue weighted by Crippen LogP contribution is -2.29. The average molecular weight is 561 g/mol. The van der Waals surface area contributed by atoms with E-state index in [1.807, 2.05) is 41.0 Å². The normalized spacial score (nSPS) is 11.7. The highest BCUT2D eigenvalue weighted by Crippen LogP contribution is 2.27. The van der Waals surface area contributed by atoms with Crippen molar-refractivity contribution in [2.45, 2.75) is 60.3 Å². The quantitative estimate of drug-likeness (QED) is 0.194. The van der Waals surface area contributed by atoms with E-state index in [-0.39, 0.29) is 5.91 Å². The van der Waals surface area contributed by atoms with E-state index in [9.17, 15) is 4.79 Å². The van der Waals surface area contributed by atoms with Crippen LogP contribution in [0.15, 0.2) is 55.0 Å². The van der Waals surface area contributed by atoms with E-state index < -0.39 is 0 Å². The van der Waals surface area contributed by atoms with Gasteiger partial charge in [0.25, 0.3) is 0 Å². The zero-order valence-electron chi connectivity index (χ0n) is 25.0. The fraction of sp³-hybridized carbons (Fsp3) is 0.452. The van der Waals surface area contributed by atoms with Crippen LogP contribution >= 0.6 is 0 Å². The molecular formula is C31H44N8O2. The van der Waals surface area contributed by atoms with Gasteiger partial charge in [0.05, 0.1) is 6.61 Å². The maximum Gasteiger partial charge on any atom is 0.222 e. The Bertz CT molecular complexity index is 1350. The van der Waals surface area contributed by atoms with Gasteiger partial charge in [-0.25, -0.2) is 14.5 Å². The molecule has 4 rings (SSSR count). The number of hydrogen-bond donors (Lipinski definition) is 3. The Hall–Kier alpha value is -3.89. The van der Waals surface area contributed by atoms with Crippen LogP contribution in [0.1, 0.15) is 59.4 Å². The summed E-state index contributed by atoms with van der Waals surface area (Å²) in [7, 11) is 0. The largest absolute Gasteiger partial charge is 0.395 e. The number of aromatic nitrogens is 5. The molecule has 0 fully saturated rings. The van der Waals surface area contributed by atoms with Crippen LogP contribution in [0.2, 0.25) is 0 Å². The number of aliphatic hydroxyl groups is 1.